The SMILES string of the molecule is CC[C@H]1[C@@H](OC(C)=O)[C@@H]2[C@H](CC(=O)[C@]3(C)[C@@H]([C@H](C)CC(=O)OC)CC[C@@H]23)[C@@]2(C)CC[C@@H](OC(C)=O)C[C@@H]12. The van der Waals surface area contributed by atoms with Crippen LogP contribution in [0.1, 0.15) is 92.9 Å². The Balaban J connectivity index is 1.73. The van der Waals surface area contributed by atoms with Gasteiger partial charge in [-0.2, -0.15) is 0 Å². The Morgan fingerprint density at radius 3 is 2.27 bits per heavy atom. The highest BCUT2D eigenvalue weighted by Gasteiger charge is 2.68. The highest BCUT2D eigenvalue weighted by molar-refractivity contribution is 5.87. The molecular formula is C30H46O7. The van der Waals surface area contributed by atoms with Crippen LogP contribution in [0.15, 0.2) is 0 Å². The van der Waals surface area contributed by atoms with Crippen molar-refractivity contribution in [2.45, 2.75) is 105 Å². The summed E-state index contributed by atoms with van der Waals surface area (Å²) in [6.45, 7) is 11.7. The molecule has 11 atom stereocenters. The van der Waals surface area contributed by atoms with Gasteiger partial charge in [0, 0.05) is 38.0 Å². The van der Waals surface area contributed by atoms with Gasteiger partial charge in [-0.25, -0.2) is 0 Å². The second-order valence-corrected chi connectivity index (χ2v) is 12.9. The lowest BCUT2D eigenvalue weighted by molar-refractivity contribution is -0.216. The molecule has 0 unspecified atom stereocenters. The van der Waals surface area contributed by atoms with Crippen molar-refractivity contribution in [3.8, 4) is 0 Å². The maximum Gasteiger partial charge on any atom is 0.305 e. The van der Waals surface area contributed by atoms with Crippen molar-refractivity contribution in [1.82, 2.24) is 0 Å². The third-order valence-electron chi connectivity index (χ3n) is 11.3. The summed E-state index contributed by atoms with van der Waals surface area (Å²) in [4.78, 5) is 50.4. The van der Waals surface area contributed by atoms with E-state index < -0.39 is 5.41 Å². The Morgan fingerprint density at radius 2 is 1.68 bits per heavy atom. The number of carbonyl (C=O) groups excluding carboxylic acids is 4. The molecule has 0 N–H and O–H groups in total. The van der Waals surface area contributed by atoms with E-state index in [2.05, 4.69) is 27.7 Å². The molecule has 208 valence electrons. The highest BCUT2D eigenvalue weighted by Crippen LogP contribution is 2.69. The van der Waals surface area contributed by atoms with E-state index in [0.717, 1.165) is 38.5 Å². The van der Waals surface area contributed by atoms with Crippen LogP contribution in [0.5, 0.6) is 0 Å². The number of carbonyl (C=O) groups is 4. The third-order valence-corrected chi connectivity index (χ3v) is 11.3. The van der Waals surface area contributed by atoms with Gasteiger partial charge < -0.3 is 14.2 Å². The number of hydrogen-bond acceptors (Lipinski definition) is 7. The second-order valence-electron chi connectivity index (χ2n) is 12.9. The molecule has 4 aliphatic rings. The van der Waals surface area contributed by atoms with Crippen LogP contribution < -0.4 is 0 Å². The van der Waals surface area contributed by atoms with Crippen LogP contribution in [-0.2, 0) is 33.4 Å². The number of hydrogen-bond donors (Lipinski definition) is 0. The predicted octanol–water partition coefficient (Wildman–Crippen LogP) is 5.13. The maximum atomic E-state index is 14.1. The van der Waals surface area contributed by atoms with E-state index >= 15 is 0 Å². The van der Waals surface area contributed by atoms with Crippen LogP contribution in [0.25, 0.3) is 0 Å². The minimum Gasteiger partial charge on any atom is -0.469 e. The summed E-state index contributed by atoms with van der Waals surface area (Å²) in [5.41, 5.74) is -0.616. The summed E-state index contributed by atoms with van der Waals surface area (Å²) in [5.74, 6) is 0.410. The van der Waals surface area contributed by atoms with Crippen LogP contribution in [0.4, 0.5) is 0 Å². The number of rotatable bonds is 6. The van der Waals surface area contributed by atoms with Gasteiger partial charge in [-0.05, 0) is 79.4 Å². The smallest absolute Gasteiger partial charge is 0.305 e. The minimum atomic E-state index is -0.538. The molecule has 4 aliphatic carbocycles. The largest absolute Gasteiger partial charge is 0.469 e. The van der Waals surface area contributed by atoms with Crippen molar-refractivity contribution in [2.75, 3.05) is 7.11 Å². The topological polar surface area (TPSA) is 96.0 Å². The Hall–Kier alpha value is -1.92. The summed E-state index contributed by atoms with van der Waals surface area (Å²) in [5, 5.41) is 0. The molecule has 4 rings (SSSR count). The van der Waals surface area contributed by atoms with Gasteiger partial charge in [-0.3, -0.25) is 19.2 Å². The molecule has 0 radical (unpaired) electrons. The van der Waals surface area contributed by atoms with Gasteiger partial charge in [0.15, 0.2) is 0 Å². The van der Waals surface area contributed by atoms with E-state index in [4.69, 9.17) is 14.2 Å². The molecule has 0 spiro atoms. The molecule has 0 heterocycles. The van der Waals surface area contributed by atoms with Gasteiger partial charge in [0.2, 0.25) is 0 Å². The minimum absolute atomic E-state index is 0.0446. The van der Waals surface area contributed by atoms with Crippen LogP contribution >= 0.6 is 0 Å². The fourth-order valence-electron chi connectivity index (χ4n) is 9.75. The van der Waals surface area contributed by atoms with E-state index in [1.165, 1.54) is 21.0 Å². The van der Waals surface area contributed by atoms with Crippen molar-refractivity contribution in [3.05, 3.63) is 0 Å². The number of fused-ring (bicyclic) bond motifs is 5. The first-order valence-corrected chi connectivity index (χ1v) is 14.3. The molecule has 7 heteroatoms. The molecule has 4 saturated carbocycles. The molecular weight excluding hydrogens is 472 g/mol. The lowest BCUT2D eigenvalue weighted by Gasteiger charge is -2.64. The Morgan fingerprint density at radius 1 is 1.00 bits per heavy atom. The van der Waals surface area contributed by atoms with Gasteiger partial charge in [0.05, 0.1) is 7.11 Å². The molecule has 0 bridgehead atoms. The van der Waals surface area contributed by atoms with Gasteiger partial charge in [-0.15, -0.1) is 0 Å². The third kappa shape index (κ3) is 4.63. The fraction of sp³-hybridized carbons (Fsp3) is 0.867. The number of Topliss-reactive ketones (excluding diaryl/α,β-unsaturated/α-hetero) is 1. The Labute approximate surface area is 221 Å². The normalized spacial score (nSPS) is 43.6. The lowest BCUT2D eigenvalue weighted by atomic mass is 9.41. The van der Waals surface area contributed by atoms with Crippen LogP contribution in [-0.4, -0.2) is 43.0 Å². The highest BCUT2D eigenvalue weighted by atomic mass is 16.5. The molecule has 0 saturated heterocycles. The van der Waals surface area contributed by atoms with Crippen molar-refractivity contribution < 1.29 is 33.4 Å². The summed E-state index contributed by atoms with van der Waals surface area (Å²) in [6.07, 6.45) is 5.55. The molecule has 7 nitrogen and oxygen atoms in total. The van der Waals surface area contributed by atoms with Gasteiger partial charge >= 0.3 is 17.9 Å². The van der Waals surface area contributed by atoms with Crippen LogP contribution in [0, 0.1) is 52.3 Å². The van der Waals surface area contributed by atoms with Crippen molar-refractivity contribution in [2.24, 2.45) is 52.3 Å². The summed E-state index contributed by atoms with van der Waals surface area (Å²) >= 11 is 0. The van der Waals surface area contributed by atoms with Gasteiger partial charge in [-0.1, -0.05) is 27.7 Å². The van der Waals surface area contributed by atoms with Gasteiger partial charge in [0.1, 0.15) is 18.0 Å². The van der Waals surface area contributed by atoms with Crippen molar-refractivity contribution in [1.29, 1.82) is 0 Å². The average Bonchev–Trinajstić information content (AvgIpc) is 3.18. The Bertz CT molecular complexity index is 929. The van der Waals surface area contributed by atoms with E-state index in [9.17, 15) is 19.2 Å². The lowest BCUT2D eigenvalue weighted by Crippen LogP contribution is -2.65. The molecule has 0 aromatic carbocycles. The molecule has 0 aromatic heterocycles. The first kappa shape index (κ1) is 28.1. The summed E-state index contributed by atoms with van der Waals surface area (Å²) < 4.78 is 16.8. The molecule has 0 amide bonds. The fourth-order valence-corrected chi connectivity index (χ4v) is 9.75. The van der Waals surface area contributed by atoms with E-state index in [1.807, 2.05) is 0 Å². The first-order valence-electron chi connectivity index (χ1n) is 14.3. The summed E-state index contributed by atoms with van der Waals surface area (Å²) in [7, 11) is 1.41. The first-order chi connectivity index (χ1) is 17.4. The average molecular weight is 519 g/mol. The Kier molecular flexibility index (Phi) is 7.85. The van der Waals surface area contributed by atoms with E-state index in [-0.39, 0.29) is 77.0 Å². The zero-order valence-electron chi connectivity index (χ0n) is 23.7. The quantitative estimate of drug-likeness (QED) is 0.355. The monoisotopic (exact) mass is 518 g/mol. The van der Waals surface area contributed by atoms with Gasteiger partial charge in [0.25, 0.3) is 0 Å². The number of ether oxygens (including phenoxy) is 3. The molecule has 4 fully saturated rings. The van der Waals surface area contributed by atoms with Crippen molar-refractivity contribution >= 4 is 23.7 Å². The van der Waals surface area contributed by atoms with E-state index in [1.54, 1.807) is 0 Å². The standard InChI is InChI=1S/C30H46O7/c1-8-20-23-14-19(36-17(3)31)11-12-29(23,5)24-15-25(33)30(6)21(16(2)13-26(34)35-7)9-10-22(30)27(24)28(20)37-18(4)32/h16,19-24,27-28H,8-15H2,1-7H3/t16-,19-,20-,21-,22+,23+,24+,27+,28-,29+,30-/m1/s1. The van der Waals surface area contributed by atoms with Crippen LogP contribution in [0.2, 0.25) is 0 Å². The predicted molar refractivity (Wildman–Crippen MR) is 137 cm³/mol. The number of ketones is 1. The molecule has 37 heavy (non-hydrogen) atoms. The number of esters is 3. The number of methoxy groups -OCH3 is 1. The molecule has 0 aliphatic heterocycles. The van der Waals surface area contributed by atoms with Crippen LogP contribution in [0.3, 0.4) is 0 Å². The molecule has 0 aromatic rings. The maximum absolute atomic E-state index is 14.1. The zero-order valence-corrected chi connectivity index (χ0v) is 23.7. The van der Waals surface area contributed by atoms with E-state index in [0.29, 0.717) is 18.6 Å². The zero-order chi connectivity index (χ0) is 27.3. The second kappa shape index (κ2) is 10.3. The van der Waals surface area contributed by atoms with Crippen molar-refractivity contribution in [3.63, 3.8) is 0 Å². The summed E-state index contributed by atoms with van der Waals surface area (Å²) in [6, 6.07) is 0.